The van der Waals surface area contributed by atoms with Gasteiger partial charge < -0.3 is 10.3 Å². The molecule has 0 atom stereocenters. The molecule has 2 N–H and O–H groups in total. The Morgan fingerprint density at radius 3 is 2.55 bits per heavy atom. The Bertz CT molecular complexity index is 766. The summed E-state index contributed by atoms with van der Waals surface area (Å²) < 4.78 is 0.906. The largest absolute Gasteiger partial charge is 0.350 e. The zero-order valence-electron chi connectivity index (χ0n) is 11.7. The first kappa shape index (κ1) is 14.0. The number of H-pyrrole nitrogens is 1. The molecule has 0 saturated heterocycles. The number of nitrogens with zero attached hydrogens (tertiary/aromatic N) is 1. The standard InChI is InChI=1S/C14H17N3O3/c1-14(2,3)16-11(18)8-17-12(19)9-6-4-5-7-10(9)15-13(17)20/h4-7H,8H2,1-3H3,(H,15,20)(H,16,18). The van der Waals surface area contributed by atoms with E-state index in [1.54, 1.807) is 24.3 Å². The van der Waals surface area contributed by atoms with Gasteiger partial charge in [0.25, 0.3) is 5.56 Å². The van der Waals surface area contributed by atoms with E-state index in [9.17, 15) is 14.4 Å². The van der Waals surface area contributed by atoms with Gasteiger partial charge in [0.2, 0.25) is 5.91 Å². The summed E-state index contributed by atoms with van der Waals surface area (Å²) in [5.41, 5.74) is -0.995. The number of amides is 1. The van der Waals surface area contributed by atoms with Gasteiger partial charge in [-0.1, -0.05) is 12.1 Å². The maximum Gasteiger partial charge on any atom is 0.329 e. The molecule has 1 heterocycles. The Morgan fingerprint density at radius 1 is 1.25 bits per heavy atom. The average molecular weight is 275 g/mol. The molecule has 20 heavy (non-hydrogen) atoms. The number of carbonyl (C=O) groups excluding carboxylic acids is 1. The molecule has 0 aliphatic carbocycles. The second-order valence-electron chi connectivity index (χ2n) is 5.67. The maximum atomic E-state index is 12.2. The lowest BCUT2D eigenvalue weighted by Gasteiger charge is -2.20. The van der Waals surface area contributed by atoms with E-state index in [2.05, 4.69) is 10.3 Å². The highest BCUT2D eigenvalue weighted by molar-refractivity contribution is 5.79. The van der Waals surface area contributed by atoms with Crippen LogP contribution in [0.5, 0.6) is 0 Å². The van der Waals surface area contributed by atoms with E-state index in [1.807, 2.05) is 20.8 Å². The highest BCUT2D eigenvalue weighted by Crippen LogP contribution is 2.03. The number of fused-ring (bicyclic) bond motifs is 1. The second kappa shape index (κ2) is 4.96. The van der Waals surface area contributed by atoms with Crippen molar-refractivity contribution in [2.45, 2.75) is 32.9 Å². The second-order valence-corrected chi connectivity index (χ2v) is 5.67. The molecule has 6 nitrogen and oxygen atoms in total. The quantitative estimate of drug-likeness (QED) is 0.842. The van der Waals surface area contributed by atoms with E-state index in [4.69, 9.17) is 0 Å². The summed E-state index contributed by atoms with van der Waals surface area (Å²) in [6.07, 6.45) is 0. The van der Waals surface area contributed by atoms with Crippen LogP contribution in [-0.4, -0.2) is 21.0 Å². The molecule has 0 bridgehead atoms. The van der Waals surface area contributed by atoms with Gasteiger partial charge in [-0.2, -0.15) is 0 Å². The fraction of sp³-hybridized carbons (Fsp3) is 0.357. The molecule has 0 radical (unpaired) electrons. The molecule has 1 aromatic heterocycles. The Morgan fingerprint density at radius 2 is 1.90 bits per heavy atom. The van der Waals surface area contributed by atoms with Gasteiger partial charge in [0.1, 0.15) is 6.54 Å². The van der Waals surface area contributed by atoms with Crippen molar-refractivity contribution < 1.29 is 4.79 Å². The number of carbonyl (C=O) groups is 1. The first-order valence-corrected chi connectivity index (χ1v) is 6.31. The molecule has 2 rings (SSSR count). The minimum absolute atomic E-state index is 0.295. The predicted octanol–water partition coefficient (Wildman–Crippen LogP) is 0.604. The molecule has 2 aromatic rings. The number of aromatic nitrogens is 2. The molecule has 1 aromatic carbocycles. The van der Waals surface area contributed by atoms with Crippen LogP contribution in [0.25, 0.3) is 10.9 Å². The van der Waals surface area contributed by atoms with E-state index < -0.39 is 16.8 Å². The van der Waals surface area contributed by atoms with Crippen LogP contribution in [0.2, 0.25) is 0 Å². The van der Waals surface area contributed by atoms with Crippen LogP contribution in [0, 0.1) is 0 Å². The normalized spacial score (nSPS) is 11.6. The summed E-state index contributed by atoms with van der Waals surface area (Å²) in [6, 6.07) is 6.71. The Hall–Kier alpha value is -2.37. The summed E-state index contributed by atoms with van der Waals surface area (Å²) in [4.78, 5) is 38.5. The van der Waals surface area contributed by atoms with Crippen LogP contribution in [0.3, 0.4) is 0 Å². The van der Waals surface area contributed by atoms with E-state index in [0.29, 0.717) is 10.9 Å². The smallest absolute Gasteiger partial charge is 0.329 e. The fourth-order valence-corrected chi connectivity index (χ4v) is 1.94. The first-order valence-electron chi connectivity index (χ1n) is 6.31. The lowest BCUT2D eigenvalue weighted by atomic mass is 10.1. The maximum absolute atomic E-state index is 12.2. The predicted molar refractivity (Wildman–Crippen MR) is 76.7 cm³/mol. The molecule has 106 valence electrons. The van der Waals surface area contributed by atoms with Crippen molar-refractivity contribution in [3.8, 4) is 0 Å². The number of nitrogens with one attached hydrogen (secondary N) is 2. The Balaban J connectivity index is 2.43. The van der Waals surface area contributed by atoms with Crippen LogP contribution in [0.15, 0.2) is 33.9 Å². The zero-order valence-corrected chi connectivity index (χ0v) is 11.7. The SMILES string of the molecule is CC(C)(C)NC(=O)Cn1c(=O)[nH]c2ccccc2c1=O. The Kier molecular flexibility index (Phi) is 3.48. The molecule has 0 fully saturated rings. The van der Waals surface area contributed by atoms with Gasteiger partial charge >= 0.3 is 5.69 Å². The molecular formula is C14H17N3O3. The highest BCUT2D eigenvalue weighted by atomic mass is 16.2. The van der Waals surface area contributed by atoms with Crippen molar-refractivity contribution in [1.29, 1.82) is 0 Å². The highest BCUT2D eigenvalue weighted by Gasteiger charge is 2.16. The zero-order chi connectivity index (χ0) is 14.9. The van der Waals surface area contributed by atoms with E-state index in [1.165, 1.54) is 0 Å². The molecule has 1 amide bonds. The summed E-state index contributed by atoms with van der Waals surface area (Å²) in [5.74, 6) is -0.375. The number of aromatic amines is 1. The number of benzene rings is 1. The minimum atomic E-state index is -0.585. The topological polar surface area (TPSA) is 84.0 Å². The van der Waals surface area contributed by atoms with Crippen molar-refractivity contribution in [3.63, 3.8) is 0 Å². The monoisotopic (exact) mass is 275 g/mol. The van der Waals surface area contributed by atoms with Gasteiger partial charge in [0.05, 0.1) is 10.9 Å². The lowest BCUT2D eigenvalue weighted by Crippen LogP contribution is -2.46. The van der Waals surface area contributed by atoms with Gasteiger partial charge in [-0.05, 0) is 32.9 Å². The van der Waals surface area contributed by atoms with Crippen molar-refractivity contribution >= 4 is 16.8 Å². The van der Waals surface area contributed by atoms with Gasteiger partial charge in [0.15, 0.2) is 0 Å². The van der Waals surface area contributed by atoms with Gasteiger partial charge in [-0.3, -0.25) is 14.2 Å². The summed E-state index contributed by atoms with van der Waals surface area (Å²) in [6.45, 7) is 5.20. The van der Waals surface area contributed by atoms with Crippen LogP contribution < -0.4 is 16.6 Å². The molecule has 0 saturated carbocycles. The van der Waals surface area contributed by atoms with Crippen molar-refractivity contribution in [3.05, 3.63) is 45.1 Å². The minimum Gasteiger partial charge on any atom is -0.350 e. The summed E-state index contributed by atoms with van der Waals surface area (Å²) >= 11 is 0. The number of rotatable bonds is 2. The fourth-order valence-electron chi connectivity index (χ4n) is 1.94. The molecule has 0 aliphatic heterocycles. The van der Waals surface area contributed by atoms with Crippen molar-refractivity contribution in [2.75, 3.05) is 0 Å². The van der Waals surface area contributed by atoms with Crippen LogP contribution in [0.1, 0.15) is 20.8 Å². The third kappa shape index (κ3) is 2.96. The molecule has 0 aliphatic rings. The number of hydrogen-bond donors (Lipinski definition) is 2. The summed E-state index contributed by atoms with van der Waals surface area (Å²) in [5, 5.41) is 3.10. The Labute approximate surface area is 115 Å². The van der Waals surface area contributed by atoms with E-state index in [-0.39, 0.29) is 12.5 Å². The first-order chi connectivity index (χ1) is 9.28. The van der Waals surface area contributed by atoms with Gasteiger partial charge in [-0.25, -0.2) is 4.79 Å². The third-order valence-electron chi connectivity index (χ3n) is 2.71. The van der Waals surface area contributed by atoms with E-state index >= 15 is 0 Å². The summed E-state index contributed by atoms with van der Waals surface area (Å²) in [7, 11) is 0. The lowest BCUT2D eigenvalue weighted by molar-refractivity contribution is -0.123. The molecule has 6 heteroatoms. The van der Waals surface area contributed by atoms with Crippen LogP contribution in [0.4, 0.5) is 0 Å². The van der Waals surface area contributed by atoms with Crippen LogP contribution >= 0.6 is 0 Å². The molecular weight excluding hydrogens is 258 g/mol. The number of para-hydroxylation sites is 1. The molecule has 0 unspecified atom stereocenters. The molecule has 0 spiro atoms. The van der Waals surface area contributed by atoms with Crippen molar-refractivity contribution in [2.24, 2.45) is 0 Å². The van der Waals surface area contributed by atoms with Gasteiger partial charge in [0, 0.05) is 5.54 Å². The van der Waals surface area contributed by atoms with Gasteiger partial charge in [-0.15, -0.1) is 0 Å². The van der Waals surface area contributed by atoms with Crippen LogP contribution in [-0.2, 0) is 11.3 Å². The number of hydrogen-bond acceptors (Lipinski definition) is 3. The average Bonchev–Trinajstić information content (AvgIpc) is 2.32. The van der Waals surface area contributed by atoms with Crippen molar-refractivity contribution in [1.82, 2.24) is 14.9 Å². The van der Waals surface area contributed by atoms with E-state index in [0.717, 1.165) is 4.57 Å². The third-order valence-corrected chi connectivity index (χ3v) is 2.71.